The topological polar surface area (TPSA) is 12.0 Å². The van der Waals surface area contributed by atoms with Crippen molar-refractivity contribution in [1.29, 1.82) is 0 Å². The minimum Gasteiger partial charge on any atom is -0.377 e. The van der Waals surface area contributed by atoms with E-state index in [1.54, 1.807) is 0 Å². The van der Waals surface area contributed by atoms with Gasteiger partial charge in [0.25, 0.3) is 0 Å². The van der Waals surface area contributed by atoms with Crippen LogP contribution in [0, 0.1) is 5.82 Å². The lowest BCUT2D eigenvalue weighted by atomic mass is 10.0. The fourth-order valence-electron chi connectivity index (χ4n) is 2.22. The van der Waals surface area contributed by atoms with E-state index in [0.29, 0.717) is 5.02 Å². The Morgan fingerprint density at radius 3 is 2.52 bits per heavy atom. The zero-order valence-corrected chi connectivity index (χ0v) is 14.2. The van der Waals surface area contributed by atoms with Crippen molar-refractivity contribution in [3.05, 3.63) is 63.3 Å². The standard InChI is InChI=1S/C17H18BrClFN/c1-2-3-4-16(12-5-8-14(20)9-6-12)21-17-10-7-13(18)11-15(17)19/h5-11,16,21H,2-4H2,1H3. The number of rotatable bonds is 6. The lowest BCUT2D eigenvalue weighted by Gasteiger charge is -2.21. The van der Waals surface area contributed by atoms with Crippen LogP contribution in [0.2, 0.25) is 5.02 Å². The van der Waals surface area contributed by atoms with Crippen LogP contribution in [0.1, 0.15) is 37.8 Å². The molecule has 2 aromatic carbocycles. The second-order valence-corrected chi connectivity index (χ2v) is 6.34. The Morgan fingerprint density at radius 2 is 1.90 bits per heavy atom. The molecular weight excluding hydrogens is 353 g/mol. The number of hydrogen-bond donors (Lipinski definition) is 1. The lowest BCUT2D eigenvalue weighted by Crippen LogP contribution is -2.11. The van der Waals surface area contributed by atoms with Gasteiger partial charge < -0.3 is 5.32 Å². The quantitative estimate of drug-likeness (QED) is 0.605. The molecule has 1 N–H and O–H groups in total. The minimum atomic E-state index is -0.213. The second kappa shape index (κ2) is 7.81. The molecule has 0 saturated heterocycles. The summed E-state index contributed by atoms with van der Waals surface area (Å²) in [5, 5.41) is 4.14. The number of nitrogens with one attached hydrogen (secondary N) is 1. The van der Waals surface area contributed by atoms with Crippen LogP contribution in [0.4, 0.5) is 10.1 Å². The number of anilines is 1. The molecule has 0 spiro atoms. The van der Waals surface area contributed by atoms with Crippen molar-refractivity contribution in [3.63, 3.8) is 0 Å². The van der Waals surface area contributed by atoms with E-state index >= 15 is 0 Å². The van der Waals surface area contributed by atoms with Gasteiger partial charge >= 0.3 is 0 Å². The van der Waals surface area contributed by atoms with Gasteiger partial charge in [-0.15, -0.1) is 0 Å². The maximum atomic E-state index is 13.1. The molecule has 0 radical (unpaired) electrons. The summed E-state index contributed by atoms with van der Waals surface area (Å²) in [6.07, 6.45) is 3.20. The van der Waals surface area contributed by atoms with Crippen molar-refractivity contribution in [2.45, 2.75) is 32.2 Å². The molecule has 2 aromatic rings. The average molecular weight is 371 g/mol. The number of benzene rings is 2. The van der Waals surface area contributed by atoms with Crippen molar-refractivity contribution >= 4 is 33.2 Å². The van der Waals surface area contributed by atoms with Gasteiger partial charge in [0, 0.05) is 4.47 Å². The highest BCUT2D eigenvalue weighted by Crippen LogP contribution is 2.31. The van der Waals surface area contributed by atoms with Crippen LogP contribution in [0.25, 0.3) is 0 Å². The van der Waals surface area contributed by atoms with Crippen LogP contribution >= 0.6 is 27.5 Å². The minimum absolute atomic E-state index is 0.129. The van der Waals surface area contributed by atoms with E-state index in [0.717, 1.165) is 35.0 Å². The van der Waals surface area contributed by atoms with E-state index in [-0.39, 0.29) is 11.9 Å². The van der Waals surface area contributed by atoms with Crippen molar-refractivity contribution in [1.82, 2.24) is 0 Å². The largest absolute Gasteiger partial charge is 0.377 e. The van der Waals surface area contributed by atoms with Gasteiger partial charge in [0.2, 0.25) is 0 Å². The molecule has 0 aromatic heterocycles. The van der Waals surface area contributed by atoms with Crippen molar-refractivity contribution in [2.75, 3.05) is 5.32 Å². The van der Waals surface area contributed by atoms with E-state index in [1.165, 1.54) is 12.1 Å². The summed E-state index contributed by atoms with van der Waals surface area (Å²) in [6.45, 7) is 2.16. The molecule has 1 unspecified atom stereocenters. The van der Waals surface area contributed by atoms with E-state index in [1.807, 2.05) is 30.3 Å². The van der Waals surface area contributed by atoms with Crippen molar-refractivity contribution < 1.29 is 4.39 Å². The van der Waals surface area contributed by atoms with Crippen LogP contribution < -0.4 is 5.32 Å². The van der Waals surface area contributed by atoms with Gasteiger partial charge in [0.15, 0.2) is 0 Å². The lowest BCUT2D eigenvalue weighted by molar-refractivity contribution is 0.616. The van der Waals surface area contributed by atoms with Gasteiger partial charge in [0.05, 0.1) is 16.8 Å². The first kappa shape index (κ1) is 16.3. The molecule has 0 saturated carbocycles. The Balaban J connectivity index is 2.21. The predicted molar refractivity (Wildman–Crippen MR) is 91.4 cm³/mol. The molecule has 0 heterocycles. The summed E-state index contributed by atoms with van der Waals surface area (Å²) in [4.78, 5) is 0. The second-order valence-electron chi connectivity index (χ2n) is 5.01. The molecule has 0 amide bonds. The first-order valence-electron chi connectivity index (χ1n) is 7.07. The van der Waals surface area contributed by atoms with E-state index < -0.39 is 0 Å². The molecule has 112 valence electrons. The zero-order chi connectivity index (χ0) is 15.2. The highest BCUT2D eigenvalue weighted by Gasteiger charge is 2.13. The first-order chi connectivity index (χ1) is 10.1. The van der Waals surface area contributed by atoms with Crippen LogP contribution in [-0.2, 0) is 0 Å². The fraction of sp³-hybridized carbons (Fsp3) is 0.294. The number of halogens is 3. The van der Waals surface area contributed by atoms with Crippen LogP contribution in [0.5, 0.6) is 0 Å². The summed E-state index contributed by atoms with van der Waals surface area (Å²) < 4.78 is 14.0. The maximum Gasteiger partial charge on any atom is 0.123 e. The highest BCUT2D eigenvalue weighted by molar-refractivity contribution is 9.10. The third-order valence-electron chi connectivity index (χ3n) is 3.38. The van der Waals surface area contributed by atoms with Gasteiger partial charge in [-0.1, -0.05) is 59.4 Å². The summed E-state index contributed by atoms with van der Waals surface area (Å²) in [7, 11) is 0. The van der Waals surface area contributed by atoms with Gasteiger partial charge in [0.1, 0.15) is 5.82 Å². The molecular formula is C17H18BrClFN. The van der Waals surface area contributed by atoms with E-state index in [4.69, 9.17) is 11.6 Å². The molecule has 1 atom stereocenters. The number of hydrogen-bond acceptors (Lipinski definition) is 1. The van der Waals surface area contributed by atoms with Crippen LogP contribution in [0.3, 0.4) is 0 Å². The van der Waals surface area contributed by atoms with Crippen molar-refractivity contribution in [2.24, 2.45) is 0 Å². The Bertz CT molecular complexity index is 586. The Hall–Kier alpha value is -1.06. The molecule has 0 bridgehead atoms. The number of unbranched alkanes of at least 4 members (excludes halogenated alkanes) is 1. The van der Waals surface area contributed by atoms with Gasteiger partial charge in [-0.2, -0.15) is 0 Å². The van der Waals surface area contributed by atoms with Crippen LogP contribution in [0.15, 0.2) is 46.9 Å². The highest BCUT2D eigenvalue weighted by atomic mass is 79.9. The molecule has 2 rings (SSSR count). The van der Waals surface area contributed by atoms with Crippen LogP contribution in [-0.4, -0.2) is 0 Å². The summed E-state index contributed by atoms with van der Waals surface area (Å²) in [6, 6.07) is 12.6. The molecule has 0 aliphatic heterocycles. The molecule has 1 nitrogen and oxygen atoms in total. The third kappa shape index (κ3) is 4.72. The zero-order valence-electron chi connectivity index (χ0n) is 11.9. The molecule has 21 heavy (non-hydrogen) atoms. The summed E-state index contributed by atoms with van der Waals surface area (Å²) >= 11 is 9.67. The monoisotopic (exact) mass is 369 g/mol. The Kier molecular flexibility index (Phi) is 6.07. The third-order valence-corrected chi connectivity index (χ3v) is 4.19. The van der Waals surface area contributed by atoms with Crippen molar-refractivity contribution in [3.8, 4) is 0 Å². The van der Waals surface area contributed by atoms with Gasteiger partial charge in [-0.05, 0) is 42.3 Å². The molecule has 4 heteroatoms. The molecule has 0 aliphatic carbocycles. The maximum absolute atomic E-state index is 13.1. The fourth-order valence-corrected chi connectivity index (χ4v) is 2.95. The predicted octanol–water partition coefficient (Wildman–Crippen LogP) is 6.59. The smallest absolute Gasteiger partial charge is 0.123 e. The first-order valence-corrected chi connectivity index (χ1v) is 8.24. The summed E-state index contributed by atoms with van der Waals surface area (Å²) in [5.41, 5.74) is 1.97. The SMILES string of the molecule is CCCCC(Nc1ccc(Br)cc1Cl)c1ccc(F)cc1. The average Bonchev–Trinajstić information content (AvgIpc) is 2.46. The van der Waals surface area contributed by atoms with Gasteiger partial charge in [-0.3, -0.25) is 0 Å². The molecule has 0 fully saturated rings. The normalized spacial score (nSPS) is 12.2. The summed E-state index contributed by atoms with van der Waals surface area (Å²) in [5.74, 6) is -0.213. The van der Waals surface area contributed by atoms with E-state index in [2.05, 4.69) is 28.2 Å². The molecule has 0 aliphatic rings. The van der Waals surface area contributed by atoms with E-state index in [9.17, 15) is 4.39 Å². The van der Waals surface area contributed by atoms with Gasteiger partial charge in [-0.25, -0.2) is 4.39 Å². The Morgan fingerprint density at radius 1 is 1.19 bits per heavy atom. The Labute approximate surface area is 138 Å².